The molecule has 1 aliphatic rings. The van der Waals surface area contributed by atoms with Gasteiger partial charge in [0.25, 0.3) is 11.8 Å². The number of nitrogens with zero attached hydrogens (tertiary/aromatic N) is 1. The highest BCUT2D eigenvalue weighted by Gasteiger charge is 2.28. The Morgan fingerprint density at radius 3 is 2.38 bits per heavy atom. The number of aliphatic hydroxyl groups is 2. The van der Waals surface area contributed by atoms with Gasteiger partial charge in [-0.3, -0.25) is 9.59 Å². The molecule has 0 saturated carbocycles. The zero-order chi connectivity index (χ0) is 21.4. The van der Waals surface area contributed by atoms with Gasteiger partial charge in [0, 0.05) is 29.7 Å². The molecule has 2 aromatic rings. The smallest absolute Gasteiger partial charge is 0.270 e. The van der Waals surface area contributed by atoms with E-state index < -0.39 is 17.1 Å². The molecule has 7 nitrogen and oxygen atoms in total. The van der Waals surface area contributed by atoms with Gasteiger partial charge in [-0.15, -0.1) is 0 Å². The average Bonchev–Trinajstić information content (AvgIpc) is 3.03. The van der Waals surface area contributed by atoms with Crippen LogP contribution in [-0.4, -0.2) is 56.2 Å². The minimum Gasteiger partial charge on any atom is -0.390 e. The maximum Gasteiger partial charge on any atom is 0.270 e. The summed E-state index contributed by atoms with van der Waals surface area (Å²) in [6, 6.07) is 7.11. The van der Waals surface area contributed by atoms with Crippen molar-refractivity contribution in [2.45, 2.75) is 58.2 Å². The van der Waals surface area contributed by atoms with Gasteiger partial charge in [0.15, 0.2) is 0 Å². The van der Waals surface area contributed by atoms with Crippen molar-refractivity contribution >= 4 is 28.4 Å². The summed E-state index contributed by atoms with van der Waals surface area (Å²) >= 11 is 0. The molecule has 0 aliphatic carbocycles. The van der Waals surface area contributed by atoms with E-state index >= 15 is 0 Å². The molecule has 0 spiro atoms. The number of hydrogen-bond acceptors (Lipinski definition) is 4. The molecule has 1 aliphatic heterocycles. The first-order chi connectivity index (χ1) is 13.4. The van der Waals surface area contributed by atoms with Crippen molar-refractivity contribution in [3.63, 3.8) is 0 Å². The van der Waals surface area contributed by atoms with E-state index in [1.807, 2.05) is 24.8 Å². The highest BCUT2D eigenvalue weighted by atomic mass is 16.3. The Labute approximate surface area is 171 Å². The van der Waals surface area contributed by atoms with Gasteiger partial charge in [-0.2, -0.15) is 0 Å². The third-order valence-electron chi connectivity index (χ3n) is 5.35. The molecule has 2 amide bonds. The number of likely N-dealkylation sites (tertiary alicyclic amines) is 1. The molecule has 2 heterocycles. The van der Waals surface area contributed by atoms with Crippen LogP contribution in [0.25, 0.3) is 10.9 Å². The fourth-order valence-electron chi connectivity index (χ4n) is 3.83. The summed E-state index contributed by atoms with van der Waals surface area (Å²) in [7, 11) is 0. The Morgan fingerprint density at radius 1 is 1.14 bits per heavy atom. The second-order valence-electron chi connectivity index (χ2n) is 9.25. The Morgan fingerprint density at radius 2 is 1.79 bits per heavy atom. The second-order valence-corrected chi connectivity index (χ2v) is 9.25. The van der Waals surface area contributed by atoms with Gasteiger partial charge >= 0.3 is 0 Å². The van der Waals surface area contributed by atoms with Crippen LogP contribution in [0, 0.1) is 5.92 Å². The van der Waals surface area contributed by atoms with Gasteiger partial charge in [0.1, 0.15) is 11.3 Å². The fourth-order valence-corrected chi connectivity index (χ4v) is 3.83. The molecule has 1 saturated heterocycles. The monoisotopic (exact) mass is 401 g/mol. The lowest BCUT2D eigenvalue weighted by Gasteiger charge is -2.34. The summed E-state index contributed by atoms with van der Waals surface area (Å²) in [5.74, 6) is -0.0914. The molecule has 7 heteroatoms. The van der Waals surface area contributed by atoms with E-state index in [0.717, 1.165) is 30.2 Å². The van der Waals surface area contributed by atoms with Gasteiger partial charge in [-0.25, -0.2) is 0 Å². The molecule has 0 radical (unpaired) electrons. The molecular formula is C22H31N3O4. The van der Waals surface area contributed by atoms with Crippen molar-refractivity contribution < 1.29 is 19.8 Å². The lowest BCUT2D eigenvalue weighted by Crippen LogP contribution is -2.40. The number of piperidine rings is 1. The van der Waals surface area contributed by atoms with E-state index in [-0.39, 0.29) is 5.91 Å². The van der Waals surface area contributed by atoms with Crippen LogP contribution >= 0.6 is 0 Å². The maximum absolute atomic E-state index is 12.9. The summed E-state index contributed by atoms with van der Waals surface area (Å²) < 4.78 is 0. The molecule has 1 fully saturated rings. The Kier molecular flexibility index (Phi) is 5.74. The standard InChI is InChI=1S/C22H31N3O4/c1-21(2,28)13-14-7-9-25(10-8-14)19(26)18-12-15-11-16(5-6-17(15)24-18)23-20(27)22(3,4)29/h5-6,11-12,14,24,28-29H,7-10,13H2,1-4H3,(H,23,27). The first-order valence-electron chi connectivity index (χ1n) is 10.1. The lowest BCUT2D eigenvalue weighted by molar-refractivity contribution is -0.130. The molecule has 0 bridgehead atoms. The number of benzene rings is 1. The zero-order valence-electron chi connectivity index (χ0n) is 17.6. The number of fused-ring (bicyclic) bond motifs is 1. The number of anilines is 1. The number of hydrogen-bond donors (Lipinski definition) is 4. The van der Waals surface area contributed by atoms with E-state index in [4.69, 9.17) is 0 Å². The van der Waals surface area contributed by atoms with E-state index in [2.05, 4.69) is 10.3 Å². The molecule has 1 aromatic heterocycles. The van der Waals surface area contributed by atoms with Gasteiger partial charge in [-0.05, 0) is 77.1 Å². The summed E-state index contributed by atoms with van der Waals surface area (Å²) in [5.41, 5.74) is -0.244. The van der Waals surface area contributed by atoms with Crippen LogP contribution in [0.3, 0.4) is 0 Å². The molecule has 4 N–H and O–H groups in total. The van der Waals surface area contributed by atoms with E-state index in [0.29, 0.717) is 30.4 Å². The van der Waals surface area contributed by atoms with Crippen molar-refractivity contribution in [1.29, 1.82) is 0 Å². The second kappa shape index (κ2) is 7.80. The first kappa shape index (κ1) is 21.3. The van der Waals surface area contributed by atoms with Crippen molar-refractivity contribution in [3.8, 4) is 0 Å². The Balaban J connectivity index is 1.67. The van der Waals surface area contributed by atoms with Crippen LogP contribution in [0.5, 0.6) is 0 Å². The van der Waals surface area contributed by atoms with Crippen molar-refractivity contribution in [2.75, 3.05) is 18.4 Å². The van der Waals surface area contributed by atoms with Crippen LogP contribution in [0.15, 0.2) is 24.3 Å². The third kappa shape index (κ3) is 5.36. The first-order valence-corrected chi connectivity index (χ1v) is 10.1. The van der Waals surface area contributed by atoms with Gasteiger partial charge in [0.2, 0.25) is 0 Å². The van der Waals surface area contributed by atoms with Crippen LogP contribution in [-0.2, 0) is 4.79 Å². The summed E-state index contributed by atoms with van der Waals surface area (Å²) in [6.07, 6.45) is 2.53. The van der Waals surface area contributed by atoms with Gasteiger partial charge in [0.05, 0.1) is 5.60 Å². The number of carbonyl (C=O) groups excluding carboxylic acids is 2. The molecule has 1 aromatic carbocycles. The third-order valence-corrected chi connectivity index (χ3v) is 5.35. The quantitative estimate of drug-likeness (QED) is 0.618. The van der Waals surface area contributed by atoms with Crippen molar-refractivity contribution in [2.24, 2.45) is 5.92 Å². The number of aromatic nitrogens is 1. The Hall–Kier alpha value is -2.38. The van der Waals surface area contributed by atoms with Crippen LogP contribution < -0.4 is 5.32 Å². The number of nitrogens with one attached hydrogen (secondary N) is 2. The number of rotatable bonds is 5. The number of H-pyrrole nitrogens is 1. The van der Waals surface area contributed by atoms with Gasteiger partial charge in [-0.1, -0.05) is 0 Å². The number of carbonyl (C=O) groups is 2. The molecular weight excluding hydrogens is 370 g/mol. The molecule has 0 unspecified atom stereocenters. The minimum absolute atomic E-state index is 0.0371. The highest BCUT2D eigenvalue weighted by Crippen LogP contribution is 2.27. The maximum atomic E-state index is 12.9. The fraction of sp³-hybridized carbons (Fsp3) is 0.545. The average molecular weight is 402 g/mol. The number of amides is 2. The molecule has 0 atom stereocenters. The summed E-state index contributed by atoms with van der Waals surface area (Å²) in [4.78, 5) is 29.9. The predicted octanol–water partition coefficient (Wildman–Crippen LogP) is 2.89. The van der Waals surface area contributed by atoms with E-state index in [1.165, 1.54) is 13.8 Å². The lowest BCUT2D eigenvalue weighted by atomic mass is 9.86. The van der Waals surface area contributed by atoms with Crippen LogP contribution in [0.2, 0.25) is 0 Å². The SMILES string of the molecule is CC(C)(O)CC1CCN(C(=O)c2cc3cc(NC(=O)C(C)(C)O)ccc3[nH]2)CC1. The molecule has 29 heavy (non-hydrogen) atoms. The summed E-state index contributed by atoms with van der Waals surface area (Å²) in [6.45, 7) is 7.88. The van der Waals surface area contributed by atoms with Crippen LogP contribution in [0.1, 0.15) is 57.4 Å². The van der Waals surface area contributed by atoms with E-state index in [9.17, 15) is 19.8 Å². The topological polar surface area (TPSA) is 106 Å². The largest absolute Gasteiger partial charge is 0.390 e. The Bertz CT molecular complexity index is 897. The zero-order valence-corrected chi connectivity index (χ0v) is 17.6. The highest BCUT2D eigenvalue weighted by molar-refractivity contribution is 6.01. The molecule has 3 rings (SSSR count). The minimum atomic E-state index is -1.47. The van der Waals surface area contributed by atoms with Gasteiger partial charge < -0.3 is 25.4 Å². The van der Waals surface area contributed by atoms with E-state index in [1.54, 1.807) is 18.2 Å². The van der Waals surface area contributed by atoms with Crippen molar-refractivity contribution in [1.82, 2.24) is 9.88 Å². The van der Waals surface area contributed by atoms with Crippen LogP contribution in [0.4, 0.5) is 5.69 Å². The normalized spacial score (nSPS) is 16.3. The summed E-state index contributed by atoms with van der Waals surface area (Å²) in [5, 5.41) is 23.3. The van der Waals surface area contributed by atoms with Crippen molar-refractivity contribution in [3.05, 3.63) is 30.0 Å². The predicted molar refractivity (Wildman–Crippen MR) is 113 cm³/mol. The molecule has 158 valence electrons. The number of aromatic amines is 1.